The molecule has 2 nitrogen and oxygen atoms in total. The predicted molar refractivity (Wildman–Crippen MR) is 75.5 cm³/mol. The SMILES string of the molecule is NNC(c1ccc(Cl)c(Cl)c1)C1C2CCCCC21. The Morgan fingerprint density at radius 2 is 1.78 bits per heavy atom. The second-order valence-corrected chi connectivity index (χ2v) is 6.32. The van der Waals surface area contributed by atoms with E-state index in [-0.39, 0.29) is 6.04 Å². The van der Waals surface area contributed by atoms with E-state index in [1.54, 1.807) is 0 Å². The van der Waals surface area contributed by atoms with E-state index in [1.165, 1.54) is 25.7 Å². The van der Waals surface area contributed by atoms with Gasteiger partial charge in [0.1, 0.15) is 0 Å². The van der Waals surface area contributed by atoms with Gasteiger partial charge in [-0.25, -0.2) is 0 Å². The van der Waals surface area contributed by atoms with Gasteiger partial charge < -0.3 is 0 Å². The van der Waals surface area contributed by atoms with Crippen LogP contribution in [0.25, 0.3) is 0 Å². The van der Waals surface area contributed by atoms with Gasteiger partial charge in [0, 0.05) is 6.04 Å². The van der Waals surface area contributed by atoms with Gasteiger partial charge in [-0.1, -0.05) is 42.1 Å². The Morgan fingerprint density at radius 1 is 1.11 bits per heavy atom. The summed E-state index contributed by atoms with van der Waals surface area (Å²) in [5.41, 5.74) is 4.14. The molecule has 18 heavy (non-hydrogen) atoms. The standard InChI is InChI=1S/C14H18Cl2N2/c15-11-6-5-8(7-12(11)16)14(18-17)13-9-3-1-2-4-10(9)13/h5-7,9-10,13-14,18H,1-4,17H2. The molecule has 3 N–H and O–H groups in total. The molecule has 0 bridgehead atoms. The number of hydrogen-bond acceptors (Lipinski definition) is 2. The molecule has 2 fully saturated rings. The molecule has 2 aliphatic carbocycles. The first kappa shape index (κ1) is 12.7. The van der Waals surface area contributed by atoms with E-state index in [4.69, 9.17) is 29.0 Å². The lowest BCUT2D eigenvalue weighted by Crippen LogP contribution is -2.30. The van der Waals surface area contributed by atoms with Gasteiger partial charge >= 0.3 is 0 Å². The summed E-state index contributed by atoms with van der Waals surface area (Å²) in [6.07, 6.45) is 5.45. The molecule has 0 spiro atoms. The summed E-state index contributed by atoms with van der Waals surface area (Å²) in [6.45, 7) is 0. The van der Waals surface area contributed by atoms with Crippen LogP contribution in [-0.4, -0.2) is 0 Å². The summed E-state index contributed by atoms with van der Waals surface area (Å²) in [5, 5.41) is 1.21. The van der Waals surface area contributed by atoms with E-state index < -0.39 is 0 Å². The molecule has 1 aromatic rings. The summed E-state index contributed by atoms with van der Waals surface area (Å²) >= 11 is 12.1. The molecule has 3 rings (SSSR count). The van der Waals surface area contributed by atoms with Gasteiger partial charge in [0.05, 0.1) is 10.0 Å². The van der Waals surface area contributed by atoms with Crippen LogP contribution in [0.4, 0.5) is 0 Å². The van der Waals surface area contributed by atoms with Crippen molar-refractivity contribution in [2.45, 2.75) is 31.7 Å². The molecule has 0 amide bonds. The van der Waals surface area contributed by atoms with E-state index in [0.717, 1.165) is 17.4 Å². The molecule has 98 valence electrons. The van der Waals surface area contributed by atoms with Gasteiger partial charge in [-0.3, -0.25) is 11.3 Å². The van der Waals surface area contributed by atoms with Crippen LogP contribution in [-0.2, 0) is 0 Å². The lowest BCUT2D eigenvalue weighted by atomic mass is 10.0. The van der Waals surface area contributed by atoms with Gasteiger partial charge in [0.15, 0.2) is 0 Å². The first-order valence-electron chi connectivity index (χ1n) is 6.63. The van der Waals surface area contributed by atoms with Gasteiger partial charge in [0.2, 0.25) is 0 Å². The zero-order valence-corrected chi connectivity index (χ0v) is 11.7. The number of nitrogens with two attached hydrogens (primary N) is 1. The quantitative estimate of drug-likeness (QED) is 0.652. The summed E-state index contributed by atoms with van der Waals surface area (Å²) in [4.78, 5) is 0. The lowest BCUT2D eigenvalue weighted by Gasteiger charge is -2.17. The van der Waals surface area contributed by atoms with Crippen LogP contribution in [0.1, 0.15) is 37.3 Å². The number of halogens is 2. The minimum atomic E-state index is 0.216. The monoisotopic (exact) mass is 284 g/mol. The van der Waals surface area contributed by atoms with Gasteiger partial charge in [-0.05, 0) is 48.3 Å². The molecule has 0 saturated heterocycles. The highest BCUT2D eigenvalue weighted by molar-refractivity contribution is 6.42. The van der Waals surface area contributed by atoms with Crippen LogP contribution in [0.2, 0.25) is 10.0 Å². The molecule has 0 aromatic heterocycles. The van der Waals surface area contributed by atoms with E-state index in [2.05, 4.69) is 5.43 Å². The van der Waals surface area contributed by atoms with Crippen LogP contribution in [0.15, 0.2) is 18.2 Å². The van der Waals surface area contributed by atoms with Crippen molar-refractivity contribution in [2.24, 2.45) is 23.6 Å². The van der Waals surface area contributed by atoms with E-state index >= 15 is 0 Å². The molecule has 1 aromatic carbocycles. The molecule has 0 radical (unpaired) electrons. The fraction of sp³-hybridized carbons (Fsp3) is 0.571. The summed E-state index contributed by atoms with van der Waals surface area (Å²) in [5.74, 6) is 8.15. The smallest absolute Gasteiger partial charge is 0.0595 e. The topological polar surface area (TPSA) is 38.0 Å². The van der Waals surface area contributed by atoms with Crippen molar-refractivity contribution >= 4 is 23.2 Å². The zero-order chi connectivity index (χ0) is 12.7. The molecule has 2 aliphatic rings. The van der Waals surface area contributed by atoms with Gasteiger partial charge in [-0.2, -0.15) is 0 Å². The maximum atomic E-state index is 6.09. The number of nitrogens with one attached hydrogen (secondary N) is 1. The van der Waals surface area contributed by atoms with Crippen LogP contribution in [0, 0.1) is 17.8 Å². The Bertz CT molecular complexity index is 437. The second-order valence-electron chi connectivity index (χ2n) is 5.51. The summed E-state index contributed by atoms with van der Waals surface area (Å²) in [6, 6.07) is 6.05. The maximum Gasteiger partial charge on any atom is 0.0595 e. The Labute approximate surface area is 118 Å². The van der Waals surface area contributed by atoms with E-state index in [9.17, 15) is 0 Å². The summed E-state index contributed by atoms with van der Waals surface area (Å²) in [7, 11) is 0. The number of benzene rings is 1. The molecule has 3 unspecified atom stereocenters. The van der Waals surface area contributed by atoms with Crippen LogP contribution >= 0.6 is 23.2 Å². The molecule has 2 saturated carbocycles. The third kappa shape index (κ3) is 2.16. The third-order valence-corrected chi connectivity index (χ3v) is 5.33. The normalized spacial score (nSPS) is 31.8. The Morgan fingerprint density at radius 3 is 2.33 bits per heavy atom. The van der Waals surface area contributed by atoms with Crippen molar-refractivity contribution in [1.82, 2.24) is 5.43 Å². The number of hydrazine groups is 1. The minimum Gasteiger partial charge on any atom is -0.271 e. The lowest BCUT2D eigenvalue weighted by molar-refractivity contribution is 0.456. The van der Waals surface area contributed by atoms with Crippen LogP contribution < -0.4 is 11.3 Å². The van der Waals surface area contributed by atoms with Crippen molar-refractivity contribution in [3.05, 3.63) is 33.8 Å². The first-order valence-corrected chi connectivity index (χ1v) is 7.39. The Kier molecular flexibility index (Phi) is 3.55. The van der Waals surface area contributed by atoms with Crippen LogP contribution in [0.5, 0.6) is 0 Å². The van der Waals surface area contributed by atoms with Crippen LogP contribution in [0.3, 0.4) is 0 Å². The minimum absolute atomic E-state index is 0.216. The molecule has 3 atom stereocenters. The fourth-order valence-electron chi connectivity index (χ4n) is 3.68. The fourth-order valence-corrected chi connectivity index (χ4v) is 3.98. The molecule has 0 aliphatic heterocycles. The van der Waals surface area contributed by atoms with Crippen molar-refractivity contribution < 1.29 is 0 Å². The first-order chi connectivity index (χ1) is 8.72. The molecular formula is C14H18Cl2N2. The molecular weight excluding hydrogens is 267 g/mol. The average molecular weight is 285 g/mol. The highest BCUT2D eigenvalue weighted by Crippen LogP contribution is 2.60. The Balaban J connectivity index is 1.82. The third-order valence-electron chi connectivity index (χ3n) is 4.59. The van der Waals surface area contributed by atoms with Crippen molar-refractivity contribution in [1.29, 1.82) is 0 Å². The maximum absolute atomic E-state index is 6.09. The second kappa shape index (κ2) is 5.01. The number of hydrogen-bond donors (Lipinski definition) is 2. The van der Waals surface area contributed by atoms with Crippen molar-refractivity contribution in [2.75, 3.05) is 0 Å². The highest BCUT2D eigenvalue weighted by atomic mass is 35.5. The predicted octanol–water partition coefficient (Wildman–Crippen LogP) is 3.93. The molecule has 0 heterocycles. The van der Waals surface area contributed by atoms with E-state index in [0.29, 0.717) is 16.0 Å². The number of rotatable bonds is 3. The van der Waals surface area contributed by atoms with Crippen molar-refractivity contribution in [3.8, 4) is 0 Å². The van der Waals surface area contributed by atoms with E-state index in [1.807, 2.05) is 18.2 Å². The largest absolute Gasteiger partial charge is 0.271 e. The van der Waals surface area contributed by atoms with Gasteiger partial charge in [-0.15, -0.1) is 0 Å². The number of fused-ring (bicyclic) bond motifs is 1. The zero-order valence-electron chi connectivity index (χ0n) is 10.2. The highest BCUT2D eigenvalue weighted by Gasteiger charge is 2.54. The summed E-state index contributed by atoms with van der Waals surface area (Å²) < 4.78 is 0. The van der Waals surface area contributed by atoms with Crippen molar-refractivity contribution in [3.63, 3.8) is 0 Å². The average Bonchev–Trinajstić information content (AvgIpc) is 3.09. The Hall–Kier alpha value is -0.280. The molecule has 4 heteroatoms. The van der Waals surface area contributed by atoms with Gasteiger partial charge in [0.25, 0.3) is 0 Å².